The second kappa shape index (κ2) is 7.84. The molecule has 0 N–H and O–H groups in total. The Morgan fingerprint density at radius 2 is 1.43 bits per heavy atom. The zero-order valence-corrected chi connectivity index (χ0v) is 16.3. The summed E-state index contributed by atoms with van der Waals surface area (Å²) in [6.07, 6.45) is -4.68. The summed E-state index contributed by atoms with van der Waals surface area (Å²) in [4.78, 5) is 13.2. The SMILES string of the molecule is O=C(c1ccccc1)c1cc(C(F)(F)F)n(-c2cccc(Cl)c2)c1-c1ccccc1. The van der Waals surface area contributed by atoms with Crippen molar-refractivity contribution in [2.24, 2.45) is 0 Å². The van der Waals surface area contributed by atoms with Gasteiger partial charge in [-0.1, -0.05) is 78.3 Å². The molecule has 4 rings (SSSR count). The van der Waals surface area contributed by atoms with E-state index in [1.807, 2.05) is 0 Å². The predicted octanol–water partition coefficient (Wildman–Crippen LogP) is 7.05. The van der Waals surface area contributed by atoms with Crippen molar-refractivity contribution in [1.29, 1.82) is 0 Å². The summed E-state index contributed by atoms with van der Waals surface area (Å²) in [5.74, 6) is -0.485. The van der Waals surface area contributed by atoms with Crippen LogP contribution in [0.3, 0.4) is 0 Å². The molecule has 150 valence electrons. The van der Waals surface area contributed by atoms with Crippen molar-refractivity contribution in [3.8, 4) is 16.9 Å². The largest absolute Gasteiger partial charge is 0.431 e. The lowest BCUT2D eigenvalue weighted by Gasteiger charge is -2.16. The van der Waals surface area contributed by atoms with E-state index in [0.29, 0.717) is 16.1 Å². The minimum absolute atomic E-state index is 0.0281. The Balaban J connectivity index is 2.07. The minimum atomic E-state index is -4.68. The van der Waals surface area contributed by atoms with Crippen LogP contribution in [0.25, 0.3) is 16.9 Å². The van der Waals surface area contributed by atoms with Crippen molar-refractivity contribution in [2.45, 2.75) is 6.18 Å². The maximum Gasteiger partial charge on any atom is 0.431 e. The Bertz CT molecular complexity index is 1200. The van der Waals surface area contributed by atoms with Crippen LogP contribution in [0.15, 0.2) is 91.0 Å². The van der Waals surface area contributed by atoms with E-state index in [1.54, 1.807) is 72.8 Å². The fourth-order valence-electron chi connectivity index (χ4n) is 3.40. The molecular weight excluding hydrogens is 411 g/mol. The molecule has 0 saturated heterocycles. The molecule has 2 nitrogen and oxygen atoms in total. The summed E-state index contributed by atoms with van der Waals surface area (Å²) in [5.41, 5.74) is 0.223. The lowest BCUT2D eigenvalue weighted by Crippen LogP contribution is -2.13. The summed E-state index contributed by atoms with van der Waals surface area (Å²) < 4.78 is 43.2. The van der Waals surface area contributed by atoms with Gasteiger partial charge in [-0.15, -0.1) is 0 Å². The third-order valence-corrected chi connectivity index (χ3v) is 4.92. The van der Waals surface area contributed by atoms with E-state index in [2.05, 4.69) is 0 Å². The second-order valence-corrected chi connectivity index (χ2v) is 7.10. The van der Waals surface area contributed by atoms with Crippen LogP contribution < -0.4 is 0 Å². The average Bonchev–Trinajstić information content (AvgIpc) is 3.16. The van der Waals surface area contributed by atoms with Crippen molar-refractivity contribution < 1.29 is 18.0 Å². The van der Waals surface area contributed by atoms with E-state index < -0.39 is 17.7 Å². The molecule has 1 heterocycles. The van der Waals surface area contributed by atoms with Crippen LogP contribution in [-0.2, 0) is 6.18 Å². The van der Waals surface area contributed by atoms with Crippen LogP contribution in [0.2, 0.25) is 5.02 Å². The number of hydrogen-bond acceptors (Lipinski definition) is 1. The zero-order valence-electron chi connectivity index (χ0n) is 15.5. The third kappa shape index (κ3) is 3.76. The first-order valence-electron chi connectivity index (χ1n) is 9.10. The number of halogens is 4. The number of alkyl halides is 3. The Morgan fingerprint density at radius 3 is 2.03 bits per heavy atom. The number of aromatic nitrogens is 1. The van der Waals surface area contributed by atoms with Gasteiger partial charge in [-0.05, 0) is 29.8 Å². The van der Waals surface area contributed by atoms with Gasteiger partial charge in [-0.2, -0.15) is 13.2 Å². The third-order valence-electron chi connectivity index (χ3n) is 4.69. The van der Waals surface area contributed by atoms with Gasteiger partial charge in [-0.3, -0.25) is 4.79 Å². The van der Waals surface area contributed by atoms with Gasteiger partial charge in [0.25, 0.3) is 0 Å². The molecule has 0 amide bonds. The van der Waals surface area contributed by atoms with Crippen molar-refractivity contribution in [1.82, 2.24) is 4.57 Å². The number of carbonyl (C=O) groups excluding carboxylic acids is 1. The highest BCUT2D eigenvalue weighted by Crippen LogP contribution is 2.40. The molecule has 3 aromatic carbocycles. The Kier molecular flexibility index (Phi) is 5.22. The normalized spacial score (nSPS) is 11.5. The molecule has 0 spiro atoms. The van der Waals surface area contributed by atoms with Crippen LogP contribution >= 0.6 is 11.6 Å². The Labute approximate surface area is 176 Å². The molecular formula is C24H15ClF3NO. The van der Waals surface area contributed by atoms with Gasteiger partial charge in [0.2, 0.25) is 0 Å². The molecule has 0 aliphatic heterocycles. The summed E-state index contributed by atoms with van der Waals surface area (Å²) >= 11 is 6.06. The van der Waals surface area contributed by atoms with E-state index in [0.717, 1.165) is 10.6 Å². The molecule has 6 heteroatoms. The quantitative estimate of drug-likeness (QED) is 0.321. The monoisotopic (exact) mass is 425 g/mol. The number of carbonyl (C=O) groups is 1. The second-order valence-electron chi connectivity index (χ2n) is 6.67. The summed E-state index contributed by atoms with van der Waals surface area (Å²) in [7, 11) is 0. The number of ketones is 1. The van der Waals surface area contributed by atoms with Crippen molar-refractivity contribution >= 4 is 17.4 Å². The van der Waals surface area contributed by atoms with Crippen molar-refractivity contribution in [3.05, 3.63) is 113 Å². The Hall–Kier alpha value is -3.31. The van der Waals surface area contributed by atoms with E-state index in [9.17, 15) is 18.0 Å². The fourth-order valence-corrected chi connectivity index (χ4v) is 3.59. The minimum Gasteiger partial charge on any atom is -0.305 e. The Morgan fingerprint density at radius 1 is 0.800 bits per heavy atom. The van der Waals surface area contributed by atoms with Crippen LogP contribution in [0, 0.1) is 0 Å². The molecule has 0 unspecified atom stereocenters. The summed E-state index contributed by atoms with van der Waals surface area (Å²) in [6, 6.07) is 23.9. The van der Waals surface area contributed by atoms with Gasteiger partial charge >= 0.3 is 6.18 Å². The molecule has 0 aliphatic rings. The summed E-state index contributed by atoms with van der Waals surface area (Å²) in [5, 5.41) is 0.296. The topological polar surface area (TPSA) is 22.0 Å². The lowest BCUT2D eigenvalue weighted by atomic mass is 10.00. The molecule has 0 fully saturated rings. The van der Waals surface area contributed by atoms with Crippen LogP contribution in [0.1, 0.15) is 21.6 Å². The van der Waals surface area contributed by atoms with E-state index in [-0.39, 0.29) is 16.9 Å². The van der Waals surface area contributed by atoms with Gasteiger partial charge in [0.05, 0.1) is 5.69 Å². The van der Waals surface area contributed by atoms with Gasteiger partial charge in [0.15, 0.2) is 5.78 Å². The van der Waals surface area contributed by atoms with Crippen LogP contribution in [0.4, 0.5) is 13.2 Å². The van der Waals surface area contributed by atoms with Gasteiger partial charge in [-0.25, -0.2) is 0 Å². The first-order chi connectivity index (χ1) is 14.4. The fraction of sp³-hybridized carbons (Fsp3) is 0.0417. The number of hydrogen-bond donors (Lipinski definition) is 0. The molecule has 4 aromatic rings. The lowest BCUT2D eigenvalue weighted by molar-refractivity contribution is -0.142. The molecule has 0 saturated carbocycles. The van der Waals surface area contributed by atoms with E-state index in [4.69, 9.17) is 11.6 Å². The van der Waals surface area contributed by atoms with Crippen LogP contribution in [0.5, 0.6) is 0 Å². The molecule has 0 atom stereocenters. The standard InChI is InChI=1S/C24H15ClF3NO/c25-18-12-7-13-19(14-18)29-21(24(26,27)28)15-20(22(29)16-8-3-1-4-9-16)23(30)17-10-5-2-6-11-17/h1-15H. The predicted molar refractivity (Wildman–Crippen MR) is 111 cm³/mol. The molecule has 0 radical (unpaired) electrons. The molecule has 0 aliphatic carbocycles. The first kappa shape index (κ1) is 20.0. The maximum atomic E-state index is 14.0. The highest BCUT2D eigenvalue weighted by molar-refractivity contribution is 6.30. The number of nitrogens with zero attached hydrogens (tertiary/aromatic N) is 1. The molecule has 1 aromatic heterocycles. The van der Waals surface area contributed by atoms with Crippen molar-refractivity contribution in [3.63, 3.8) is 0 Å². The van der Waals surface area contributed by atoms with Gasteiger partial charge < -0.3 is 4.57 Å². The highest BCUT2D eigenvalue weighted by atomic mass is 35.5. The van der Waals surface area contributed by atoms with Crippen molar-refractivity contribution in [2.75, 3.05) is 0 Å². The number of rotatable bonds is 4. The van der Waals surface area contributed by atoms with Crippen LogP contribution in [-0.4, -0.2) is 10.4 Å². The summed E-state index contributed by atoms with van der Waals surface area (Å²) in [6.45, 7) is 0. The van der Waals surface area contributed by atoms with E-state index >= 15 is 0 Å². The van der Waals surface area contributed by atoms with E-state index in [1.165, 1.54) is 12.1 Å². The molecule has 30 heavy (non-hydrogen) atoms. The van der Waals surface area contributed by atoms with Gasteiger partial charge in [0, 0.05) is 21.8 Å². The number of benzene rings is 3. The maximum absolute atomic E-state index is 14.0. The average molecular weight is 426 g/mol. The first-order valence-corrected chi connectivity index (χ1v) is 9.48. The molecule has 0 bridgehead atoms. The zero-order chi connectivity index (χ0) is 21.3. The smallest absolute Gasteiger partial charge is 0.305 e. The van der Waals surface area contributed by atoms with Gasteiger partial charge in [0.1, 0.15) is 5.69 Å². The highest BCUT2D eigenvalue weighted by Gasteiger charge is 2.38.